The zero-order valence-electron chi connectivity index (χ0n) is 9.99. The third-order valence-electron chi connectivity index (χ3n) is 4.50. The first-order valence-electron chi connectivity index (χ1n) is 6.24. The number of carbonyl (C=O) groups is 1. The number of Topliss-reactive ketones (excluding diaryl/α,β-unsaturated/α-hetero) is 1. The SMILES string of the molecule is CC1(C)C(=O)C2CCCc3ccccc3C21. The third-order valence-corrected chi connectivity index (χ3v) is 4.50. The fourth-order valence-corrected chi connectivity index (χ4v) is 3.67. The van der Waals surface area contributed by atoms with Gasteiger partial charge in [-0.2, -0.15) is 0 Å². The van der Waals surface area contributed by atoms with Crippen molar-refractivity contribution < 1.29 is 4.79 Å². The molecule has 1 nitrogen and oxygen atoms in total. The second-order valence-electron chi connectivity index (χ2n) is 5.76. The molecule has 0 heterocycles. The van der Waals surface area contributed by atoms with Gasteiger partial charge in [-0.25, -0.2) is 0 Å². The highest BCUT2D eigenvalue weighted by Gasteiger charge is 2.56. The number of fused-ring (bicyclic) bond motifs is 3. The lowest BCUT2D eigenvalue weighted by Crippen LogP contribution is -2.52. The van der Waals surface area contributed by atoms with Crippen molar-refractivity contribution in [3.8, 4) is 0 Å². The molecule has 0 spiro atoms. The molecule has 1 fully saturated rings. The van der Waals surface area contributed by atoms with Crippen LogP contribution in [0.1, 0.15) is 43.7 Å². The van der Waals surface area contributed by atoms with Crippen molar-refractivity contribution in [1.82, 2.24) is 0 Å². The largest absolute Gasteiger partial charge is 0.299 e. The number of ketones is 1. The van der Waals surface area contributed by atoms with Crippen LogP contribution in [0.4, 0.5) is 0 Å². The van der Waals surface area contributed by atoms with Crippen molar-refractivity contribution in [2.75, 3.05) is 0 Å². The van der Waals surface area contributed by atoms with E-state index in [9.17, 15) is 4.79 Å². The van der Waals surface area contributed by atoms with Gasteiger partial charge in [0.15, 0.2) is 0 Å². The highest BCUT2D eigenvalue weighted by Crippen LogP contribution is 2.57. The summed E-state index contributed by atoms with van der Waals surface area (Å²) >= 11 is 0. The molecule has 1 aromatic rings. The number of benzene rings is 1. The normalized spacial score (nSPS) is 31.0. The molecule has 1 aromatic carbocycles. The van der Waals surface area contributed by atoms with Gasteiger partial charge in [0.05, 0.1) is 0 Å². The van der Waals surface area contributed by atoms with Crippen LogP contribution >= 0.6 is 0 Å². The summed E-state index contributed by atoms with van der Waals surface area (Å²) < 4.78 is 0. The van der Waals surface area contributed by atoms with Crippen molar-refractivity contribution in [3.05, 3.63) is 35.4 Å². The number of hydrogen-bond donors (Lipinski definition) is 0. The lowest BCUT2D eigenvalue weighted by atomic mass is 9.52. The number of hydrogen-bond acceptors (Lipinski definition) is 1. The second kappa shape index (κ2) is 3.19. The standard InChI is InChI=1S/C15H18O/c1-15(2)13-11-8-4-3-6-10(11)7-5-9-12(13)14(15)16/h3-4,6,8,12-13H,5,7,9H2,1-2H3. The summed E-state index contributed by atoms with van der Waals surface area (Å²) in [5.41, 5.74) is 2.77. The topological polar surface area (TPSA) is 17.1 Å². The molecule has 1 saturated carbocycles. The smallest absolute Gasteiger partial charge is 0.142 e. The summed E-state index contributed by atoms with van der Waals surface area (Å²) in [5, 5.41) is 0. The van der Waals surface area contributed by atoms with E-state index < -0.39 is 0 Å². The molecule has 2 atom stereocenters. The van der Waals surface area contributed by atoms with E-state index in [1.54, 1.807) is 0 Å². The molecular weight excluding hydrogens is 196 g/mol. The van der Waals surface area contributed by atoms with Crippen LogP contribution in [0.25, 0.3) is 0 Å². The molecule has 84 valence electrons. The van der Waals surface area contributed by atoms with Crippen LogP contribution in [-0.4, -0.2) is 5.78 Å². The van der Waals surface area contributed by atoms with Crippen molar-refractivity contribution in [1.29, 1.82) is 0 Å². The van der Waals surface area contributed by atoms with E-state index >= 15 is 0 Å². The molecule has 0 amide bonds. The van der Waals surface area contributed by atoms with Gasteiger partial charge < -0.3 is 0 Å². The van der Waals surface area contributed by atoms with E-state index in [2.05, 4.69) is 38.1 Å². The zero-order chi connectivity index (χ0) is 11.3. The van der Waals surface area contributed by atoms with Crippen LogP contribution in [0, 0.1) is 11.3 Å². The third kappa shape index (κ3) is 1.15. The maximum absolute atomic E-state index is 12.1. The van der Waals surface area contributed by atoms with Crippen LogP contribution in [-0.2, 0) is 11.2 Å². The lowest BCUT2D eigenvalue weighted by molar-refractivity contribution is -0.147. The van der Waals surface area contributed by atoms with Crippen LogP contribution in [0.15, 0.2) is 24.3 Å². The molecule has 16 heavy (non-hydrogen) atoms. The molecule has 0 aliphatic heterocycles. The summed E-state index contributed by atoms with van der Waals surface area (Å²) in [6, 6.07) is 8.69. The Morgan fingerprint density at radius 3 is 2.81 bits per heavy atom. The van der Waals surface area contributed by atoms with Crippen molar-refractivity contribution >= 4 is 5.78 Å². The van der Waals surface area contributed by atoms with Gasteiger partial charge in [0, 0.05) is 17.3 Å². The summed E-state index contributed by atoms with van der Waals surface area (Å²) in [7, 11) is 0. The minimum absolute atomic E-state index is 0.134. The summed E-state index contributed by atoms with van der Waals surface area (Å²) in [6.07, 6.45) is 3.40. The quantitative estimate of drug-likeness (QED) is 0.647. The molecule has 0 saturated heterocycles. The van der Waals surface area contributed by atoms with Gasteiger partial charge in [-0.05, 0) is 30.4 Å². The first kappa shape index (κ1) is 10.1. The van der Waals surface area contributed by atoms with E-state index in [1.807, 2.05) is 0 Å². The maximum atomic E-state index is 12.1. The molecule has 0 bridgehead atoms. The van der Waals surface area contributed by atoms with E-state index in [-0.39, 0.29) is 5.41 Å². The molecule has 2 aliphatic rings. The molecule has 1 heteroatoms. The van der Waals surface area contributed by atoms with Gasteiger partial charge in [0.25, 0.3) is 0 Å². The Kier molecular flexibility index (Phi) is 2.01. The summed E-state index contributed by atoms with van der Waals surface area (Å²) in [6.45, 7) is 4.22. The van der Waals surface area contributed by atoms with E-state index in [0.717, 1.165) is 12.8 Å². The van der Waals surface area contributed by atoms with Crippen LogP contribution in [0.5, 0.6) is 0 Å². The summed E-state index contributed by atoms with van der Waals surface area (Å²) in [5.74, 6) is 1.26. The Bertz CT molecular complexity index is 445. The Labute approximate surface area is 96.9 Å². The molecule has 2 aliphatic carbocycles. The fraction of sp³-hybridized carbons (Fsp3) is 0.533. The minimum Gasteiger partial charge on any atom is -0.299 e. The molecular formula is C15H18O. The molecule has 3 rings (SSSR count). The zero-order valence-corrected chi connectivity index (χ0v) is 9.99. The van der Waals surface area contributed by atoms with E-state index in [0.29, 0.717) is 17.6 Å². The van der Waals surface area contributed by atoms with Gasteiger partial charge in [0.2, 0.25) is 0 Å². The molecule has 2 unspecified atom stereocenters. The highest BCUT2D eigenvalue weighted by molar-refractivity contribution is 5.95. The van der Waals surface area contributed by atoms with Crippen molar-refractivity contribution in [2.45, 2.75) is 39.0 Å². The monoisotopic (exact) mass is 214 g/mol. The second-order valence-corrected chi connectivity index (χ2v) is 5.76. The fourth-order valence-electron chi connectivity index (χ4n) is 3.67. The van der Waals surface area contributed by atoms with E-state index in [4.69, 9.17) is 0 Å². The number of carbonyl (C=O) groups excluding carboxylic acids is 1. The Morgan fingerprint density at radius 2 is 2.00 bits per heavy atom. The average Bonchev–Trinajstić information content (AvgIpc) is 2.46. The molecule has 0 radical (unpaired) electrons. The maximum Gasteiger partial charge on any atom is 0.142 e. The number of aryl methyl sites for hydroxylation is 1. The van der Waals surface area contributed by atoms with Gasteiger partial charge in [-0.3, -0.25) is 4.79 Å². The Morgan fingerprint density at radius 1 is 1.25 bits per heavy atom. The first-order chi connectivity index (χ1) is 7.62. The Balaban J connectivity index is 2.11. The summed E-state index contributed by atoms with van der Waals surface area (Å²) in [4.78, 5) is 12.1. The van der Waals surface area contributed by atoms with Gasteiger partial charge >= 0.3 is 0 Å². The van der Waals surface area contributed by atoms with Gasteiger partial charge in [0.1, 0.15) is 5.78 Å². The van der Waals surface area contributed by atoms with Crippen molar-refractivity contribution in [2.24, 2.45) is 11.3 Å². The van der Waals surface area contributed by atoms with E-state index in [1.165, 1.54) is 17.5 Å². The average molecular weight is 214 g/mol. The van der Waals surface area contributed by atoms with Gasteiger partial charge in [-0.15, -0.1) is 0 Å². The Hall–Kier alpha value is -1.11. The minimum atomic E-state index is -0.134. The van der Waals surface area contributed by atoms with Gasteiger partial charge in [-0.1, -0.05) is 38.1 Å². The lowest BCUT2D eigenvalue weighted by Gasteiger charge is -2.49. The molecule has 0 N–H and O–H groups in total. The van der Waals surface area contributed by atoms with Crippen molar-refractivity contribution in [3.63, 3.8) is 0 Å². The van der Waals surface area contributed by atoms with Crippen LogP contribution in [0.2, 0.25) is 0 Å². The predicted octanol–water partition coefficient (Wildman–Crippen LogP) is 3.33. The van der Waals surface area contributed by atoms with Crippen LogP contribution in [0.3, 0.4) is 0 Å². The number of rotatable bonds is 0. The van der Waals surface area contributed by atoms with Crippen LogP contribution < -0.4 is 0 Å². The highest BCUT2D eigenvalue weighted by atomic mass is 16.1. The first-order valence-corrected chi connectivity index (χ1v) is 6.24. The predicted molar refractivity (Wildman–Crippen MR) is 64.4 cm³/mol. The molecule has 0 aromatic heterocycles.